The Labute approximate surface area is 208 Å². The van der Waals surface area contributed by atoms with Crippen LogP contribution in [-0.4, -0.2) is 80.0 Å². The predicted octanol–water partition coefficient (Wildman–Crippen LogP) is 1.51. The first-order valence-corrected chi connectivity index (χ1v) is 11.0. The Balaban J connectivity index is 2.28. The van der Waals surface area contributed by atoms with Gasteiger partial charge in [-0.1, -0.05) is 18.2 Å². The summed E-state index contributed by atoms with van der Waals surface area (Å²) in [6.45, 7) is 4.21. The third kappa shape index (κ3) is 8.54. The molecule has 5 atom stereocenters. The molecule has 198 valence electrons. The zero-order valence-electron chi connectivity index (χ0n) is 20.6. The lowest BCUT2D eigenvalue weighted by Gasteiger charge is -2.43. The Kier molecular flexibility index (Phi) is 10.7. The summed E-state index contributed by atoms with van der Waals surface area (Å²) in [4.78, 5) is 46.8. The number of hydrogen-bond donors (Lipinski definition) is 1. The summed E-state index contributed by atoms with van der Waals surface area (Å²) in [7, 11) is 1.43. The number of esters is 4. The lowest BCUT2D eigenvalue weighted by atomic mass is 9.98. The van der Waals surface area contributed by atoms with E-state index in [-0.39, 0.29) is 24.7 Å². The van der Waals surface area contributed by atoms with E-state index in [4.69, 9.17) is 33.2 Å². The van der Waals surface area contributed by atoms with Gasteiger partial charge in [-0.3, -0.25) is 19.2 Å². The molecule has 0 spiro atoms. The minimum absolute atomic E-state index is 0.0107. The van der Waals surface area contributed by atoms with Crippen LogP contribution in [0.15, 0.2) is 24.3 Å². The smallest absolute Gasteiger partial charge is 0.303 e. The lowest BCUT2D eigenvalue weighted by Crippen LogP contribution is -2.62. The van der Waals surface area contributed by atoms with E-state index in [1.54, 1.807) is 24.3 Å². The molecule has 1 aromatic carbocycles. The number of benzene rings is 1. The van der Waals surface area contributed by atoms with Crippen LogP contribution in [0, 0.1) is 0 Å². The number of hydrogen-bond acceptors (Lipinski definition) is 12. The van der Waals surface area contributed by atoms with Crippen LogP contribution >= 0.6 is 0 Å². The molecule has 0 aromatic heterocycles. The summed E-state index contributed by atoms with van der Waals surface area (Å²) in [5.74, 6) is -2.51. The number of rotatable bonds is 10. The minimum Gasteiger partial charge on any atom is -0.504 e. The normalized spacial score (nSPS) is 23.5. The molecule has 1 aromatic rings. The molecule has 0 aliphatic carbocycles. The molecule has 0 amide bonds. The van der Waals surface area contributed by atoms with Gasteiger partial charge in [0.15, 0.2) is 36.1 Å². The summed E-state index contributed by atoms with van der Waals surface area (Å²) in [5.41, 5.74) is 0.704. The first-order valence-electron chi connectivity index (χ1n) is 11.0. The summed E-state index contributed by atoms with van der Waals surface area (Å²) in [6, 6.07) is 4.74. The molecule has 12 heteroatoms. The highest BCUT2D eigenvalue weighted by molar-refractivity contribution is 5.68. The van der Waals surface area contributed by atoms with Crippen molar-refractivity contribution in [1.29, 1.82) is 0 Å². The fourth-order valence-electron chi connectivity index (χ4n) is 3.46. The summed E-state index contributed by atoms with van der Waals surface area (Å²) >= 11 is 0. The SMILES string of the molecule is COc1cc(/C=C/CO[C@@H]2OC(COC(C)=O)[C@@H](OC(C)=O)C(OC(C)=O)C2OC(C)=O)ccc1O. The number of carbonyl (C=O) groups excluding carboxylic acids is 4. The molecule has 1 aliphatic rings. The van der Waals surface area contributed by atoms with Crippen LogP contribution in [0.3, 0.4) is 0 Å². The summed E-state index contributed by atoms with van der Waals surface area (Å²) in [5, 5.41) is 9.71. The van der Waals surface area contributed by atoms with Gasteiger partial charge in [0, 0.05) is 27.7 Å². The fraction of sp³-hybridized carbons (Fsp3) is 0.500. The quantitative estimate of drug-likeness (QED) is 0.358. The predicted molar refractivity (Wildman–Crippen MR) is 122 cm³/mol. The molecular weight excluding hydrogens is 480 g/mol. The molecule has 1 aliphatic heterocycles. The van der Waals surface area contributed by atoms with Crippen molar-refractivity contribution in [3.8, 4) is 11.5 Å². The first-order chi connectivity index (χ1) is 17.0. The maximum Gasteiger partial charge on any atom is 0.303 e. The molecule has 36 heavy (non-hydrogen) atoms. The Hall–Kier alpha value is -3.64. The van der Waals surface area contributed by atoms with E-state index in [1.165, 1.54) is 20.1 Å². The van der Waals surface area contributed by atoms with Gasteiger partial charge < -0.3 is 38.3 Å². The summed E-state index contributed by atoms with van der Waals surface area (Å²) in [6.07, 6.45) is -2.91. The molecule has 0 radical (unpaired) electrons. The number of aromatic hydroxyl groups is 1. The second-order valence-corrected chi connectivity index (χ2v) is 7.73. The number of phenolic OH excluding ortho intramolecular Hbond substituents is 1. The van der Waals surface area contributed by atoms with Crippen molar-refractivity contribution in [3.63, 3.8) is 0 Å². The molecule has 1 heterocycles. The molecule has 0 bridgehead atoms. The van der Waals surface area contributed by atoms with E-state index < -0.39 is 54.6 Å². The number of phenols is 1. The van der Waals surface area contributed by atoms with Gasteiger partial charge in [0.1, 0.15) is 12.7 Å². The Morgan fingerprint density at radius 3 is 2.11 bits per heavy atom. The zero-order chi connectivity index (χ0) is 26.8. The maximum absolute atomic E-state index is 11.8. The van der Waals surface area contributed by atoms with Crippen LogP contribution in [0.4, 0.5) is 0 Å². The largest absolute Gasteiger partial charge is 0.504 e. The van der Waals surface area contributed by atoms with E-state index in [0.29, 0.717) is 5.56 Å². The highest BCUT2D eigenvalue weighted by atomic mass is 16.7. The molecule has 1 saturated heterocycles. The second-order valence-electron chi connectivity index (χ2n) is 7.73. The van der Waals surface area contributed by atoms with E-state index >= 15 is 0 Å². The third-order valence-electron chi connectivity index (χ3n) is 4.82. The van der Waals surface area contributed by atoms with Crippen molar-refractivity contribution in [2.24, 2.45) is 0 Å². The van der Waals surface area contributed by atoms with Gasteiger partial charge in [0.2, 0.25) is 0 Å². The van der Waals surface area contributed by atoms with E-state index in [1.807, 2.05) is 0 Å². The monoisotopic (exact) mass is 510 g/mol. The average molecular weight is 510 g/mol. The van der Waals surface area contributed by atoms with Crippen molar-refractivity contribution < 1.29 is 57.4 Å². The number of ether oxygens (including phenoxy) is 7. The zero-order valence-corrected chi connectivity index (χ0v) is 20.6. The van der Waals surface area contributed by atoms with Crippen molar-refractivity contribution >= 4 is 30.0 Å². The van der Waals surface area contributed by atoms with Gasteiger partial charge in [0.05, 0.1) is 13.7 Å². The van der Waals surface area contributed by atoms with Gasteiger partial charge in [-0.25, -0.2) is 0 Å². The molecule has 12 nitrogen and oxygen atoms in total. The van der Waals surface area contributed by atoms with Crippen molar-refractivity contribution in [1.82, 2.24) is 0 Å². The summed E-state index contributed by atoms with van der Waals surface area (Å²) < 4.78 is 37.7. The van der Waals surface area contributed by atoms with Crippen LogP contribution < -0.4 is 4.74 Å². The third-order valence-corrected chi connectivity index (χ3v) is 4.82. The molecule has 3 unspecified atom stereocenters. The number of carbonyl (C=O) groups is 4. The Morgan fingerprint density at radius 2 is 1.53 bits per heavy atom. The maximum atomic E-state index is 11.8. The molecule has 2 rings (SSSR count). The van der Waals surface area contributed by atoms with Gasteiger partial charge in [0.25, 0.3) is 0 Å². The van der Waals surface area contributed by atoms with Crippen molar-refractivity contribution in [2.75, 3.05) is 20.3 Å². The second kappa shape index (κ2) is 13.4. The standard InChI is InChI=1S/C24H30O12/c1-13(25)32-12-20-21(33-14(2)26)22(34-15(3)27)23(35-16(4)28)24(36-20)31-10-6-7-17-8-9-18(29)19(11-17)30-5/h6-9,11,20-24,29H,10,12H2,1-5H3/b7-6+/t20?,21-,22?,23?,24-/m1/s1. The van der Waals surface area contributed by atoms with Crippen LogP contribution in [0.25, 0.3) is 6.08 Å². The van der Waals surface area contributed by atoms with E-state index in [2.05, 4.69) is 0 Å². The topological polar surface area (TPSA) is 153 Å². The highest BCUT2D eigenvalue weighted by Crippen LogP contribution is 2.30. The van der Waals surface area contributed by atoms with Crippen molar-refractivity contribution in [3.05, 3.63) is 29.8 Å². The van der Waals surface area contributed by atoms with Crippen LogP contribution in [-0.2, 0) is 47.6 Å². The number of methoxy groups -OCH3 is 1. The molecule has 0 saturated carbocycles. The van der Waals surface area contributed by atoms with Gasteiger partial charge >= 0.3 is 23.9 Å². The average Bonchev–Trinajstić information content (AvgIpc) is 2.79. The Bertz CT molecular complexity index is 972. The minimum atomic E-state index is -1.31. The first kappa shape index (κ1) is 28.6. The van der Waals surface area contributed by atoms with Crippen LogP contribution in [0.2, 0.25) is 0 Å². The lowest BCUT2D eigenvalue weighted by molar-refractivity contribution is -0.305. The van der Waals surface area contributed by atoms with Crippen LogP contribution in [0.1, 0.15) is 33.3 Å². The van der Waals surface area contributed by atoms with E-state index in [0.717, 1.165) is 20.8 Å². The van der Waals surface area contributed by atoms with Crippen molar-refractivity contribution in [2.45, 2.75) is 58.4 Å². The fourth-order valence-corrected chi connectivity index (χ4v) is 3.46. The van der Waals surface area contributed by atoms with Gasteiger partial charge in [-0.05, 0) is 17.7 Å². The van der Waals surface area contributed by atoms with Gasteiger partial charge in [-0.2, -0.15) is 0 Å². The van der Waals surface area contributed by atoms with E-state index in [9.17, 15) is 24.3 Å². The molecular formula is C24H30O12. The molecule has 1 N–H and O–H groups in total. The van der Waals surface area contributed by atoms with Crippen LogP contribution in [0.5, 0.6) is 11.5 Å². The molecule has 1 fully saturated rings. The highest BCUT2D eigenvalue weighted by Gasteiger charge is 2.52. The van der Waals surface area contributed by atoms with Gasteiger partial charge in [-0.15, -0.1) is 0 Å². The Morgan fingerprint density at radius 1 is 0.917 bits per heavy atom.